The van der Waals surface area contributed by atoms with Gasteiger partial charge in [-0.2, -0.15) is 0 Å². The number of nitrogens with one attached hydrogen (secondary N) is 1. The van der Waals surface area contributed by atoms with E-state index in [1.807, 2.05) is 72.8 Å². The molecular formula is C30H35N3O5S. The van der Waals surface area contributed by atoms with Crippen molar-refractivity contribution in [1.29, 1.82) is 0 Å². The number of benzene rings is 3. The standard InChI is InChI=1S/C30H35N3O5S/c1-2-39(36,37)27-15-13-25(14-16-27)22-32-17-19-33(20-18-32)29(34)28(21-24-9-5-3-6-10-24)31-30(35)38-23-26-11-7-4-8-12-26/h3-16,28H,2,17-23H2,1H3,(H,31,35)/t28-/m0/s1. The molecule has 3 aromatic carbocycles. The van der Waals surface area contributed by atoms with Crippen LogP contribution in [-0.4, -0.2) is 68.2 Å². The van der Waals surface area contributed by atoms with E-state index in [0.717, 1.165) is 16.7 Å². The van der Waals surface area contributed by atoms with Gasteiger partial charge in [-0.05, 0) is 28.8 Å². The second kappa shape index (κ2) is 13.4. The van der Waals surface area contributed by atoms with E-state index in [1.54, 1.807) is 24.0 Å². The Morgan fingerprint density at radius 1 is 0.821 bits per heavy atom. The fourth-order valence-electron chi connectivity index (χ4n) is 4.53. The number of nitrogens with zero attached hydrogens (tertiary/aromatic N) is 2. The van der Waals surface area contributed by atoms with E-state index in [4.69, 9.17) is 4.74 Å². The van der Waals surface area contributed by atoms with E-state index in [0.29, 0.717) is 44.0 Å². The summed E-state index contributed by atoms with van der Waals surface area (Å²) < 4.78 is 29.5. The van der Waals surface area contributed by atoms with Gasteiger partial charge >= 0.3 is 6.09 Å². The maximum Gasteiger partial charge on any atom is 0.408 e. The van der Waals surface area contributed by atoms with Crippen molar-refractivity contribution in [2.24, 2.45) is 0 Å². The number of rotatable bonds is 10. The Balaban J connectivity index is 1.34. The lowest BCUT2D eigenvalue weighted by Gasteiger charge is -2.36. The monoisotopic (exact) mass is 549 g/mol. The van der Waals surface area contributed by atoms with Crippen LogP contribution in [0.3, 0.4) is 0 Å². The number of amides is 2. The van der Waals surface area contributed by atoms with E-state index in [-0.39, 0.29) is 18.3 Å². The number of ether oxygens (including phenoxy) is 1. The van der Waals surface area contributed by atoms with Crippen molar-refractivity contribution in [1.82, 2.24) is 15.1 Å². The molecule has 1 aliphatic rings. The van der Waals surface area contributed by atoms with Crippen molar-refractivity contribution in [2.75, 3.05) is 31.9 Å². The molecule has 4 rings (SSSR count). The smallest absolute Gasteiger partial charge is 0.408 e. The first kappa shape index (κ1) is 28.3. The molecule has 2 amide bonds. The maximum atomic E-state index is 13.5. The predicted molar refractivity (Wildman–Crippen MR) is 150 cm³/mol. The molecule has 0 bridgehead atoms. The van der Waals surface area contributed by atoms with Crippen LogP contribution in [-0.2, 0) is 38.9 Å². The molecule has 0 aromatic heterocycles. The fourth-order valence-corrected chi connectivity index (χ4v) is 5.41. The van der Waals surface area contributed by atoms with Crippen LogP contribution >= 0.6 is 0 Å². The van der Waals surface area contributed by atoms with Gasteiger partial charge in [0.1, 0.15) is 12.6 Å². The van der Waals surface area contributed by atoms with Crippen molar-refractivity contribution in [3.63, 3.8) is 0 Å². The van der Waals surface area contributed by atoms with Crippen LogP contribution in [0, 0.1) is 0 Å². The van der Waals surface area contributed by atoms with Crippen molar-refractivity contribution >= 4 is 21.8 Å². The molecule has 1 saturated heterocycles. The molecule has 206 valence electrons. The van der Waals surface area contributed by atoms with Crippen LogP contribution in [0.1, 0.15) is 23.6 Å². The van der Waals surface area contributed by atoms with Crippen LogP contribution in [0.4, 0.5) is 4.79 Å². The third kappa shape index (κ3) is 8.15. The highest BCUT2D eigenvalue weighted by molar-refractivity contribution is 7.91. The van der Waals surface area contributed by atoms with Crippen LogP contribution in [0.5, 0.6) is 0 Å². The van der Waals surface area contributed by atoms with Crippen molar-refractivity contribution in [3.8, 4) is 0 Å². The van der Waals surface area contributed by atoms with Gasteiger partial charge in [-0.25, -0.2) is 13.2 Å². The number of alkyl carbamates (subject to hydrolysis) is 1. The average molecular weight is 550 g/mol. The summed E-state index contributed by atoms with van der Waals surface area (Å²) in [6.45, 7) is 4.86. The van der Waals surface area contributed by atoms with Crippen molar-refractivity contribution in [2.45, 2.75) is 37.4 Å². The van der Waals surface area contributed by atoms with E-state index in [2.05, 4.69) is 10.2 Å². The topological polar surface area (TPSA) is 96.0 Å². The third-order valence-corrected chi connectivity index (χ3v) is 8.59. The summed E-state index contributed by atoms with van der Waals surface area (Å²) >= 11 is 0. The molecular weight excluding hydrogens is 514 g/mol. The largest absolute Gasteiger partial charge is 0.445 e. The molecule has 1 fully saturated rings. The van der Waals surface area contributed by atoms with E-state index in [9.17, 15) is 18.0 Å². The van der Waals surface area contributed by atoms with E-state index in [1.165, 1.54) is 0 Å². The second-order valence-electron chi connectivity index (χ2n) is 9.60. The molecule has 39 heavy (non-hydrogen) atoms. The molecule has 1 aliphatic heterocycles. The van der Waals surface area contributed by atoms with Gasteiger partial charge < -0.3 is 15.0 Å². The van der Waals surface area contributed by atoms with Crippen LogP contribution in [0.15, 0.2) is 89.8 Å². The molecule has 8 nitrogen and oxygen atoms in total. The second-order valence-corrected chi connectivity index (χ2v) is 11.9. The molecule has 1 atom stereocenters. The Hall–Kier alpha value is -3.69. The predicted octanol–water partition coefficient (Wildman–Crippen LogP) is 3.66. The molecule has 9 heteroatoms. The minimum absolute atomic E-state index is 0.0766. The molecule has 0 spiro atoms. The number of piperazine rings is 1. The van der Waals surface area contributed by atoms with Gasteiger partial charge in [0.2, 0.25) is 5.91 Å². The fraction of sp³-hybridized carbons (Fsp3) is 0.333. The zero-order valence-electron chi connectivity index (χ0n) is 22.2. The van der Waals surface area contributed by atoms with Gasteiger partial charge in [0.15, 0.2) is 9.84 Å². The van der Waals surface area contributed by atoms with E-state index < -0.39 is 22.0 Å². The van der Waals surface area contributed by atoms with Gasteiger partial charge in [0.05, 0.1) is 10.6 Å². The molecule has 0 radical (unpaired) electrons. The minimum atomic E-state index is -3.22. The number of carbonyl (C=O) groups excluding carboxylic acids is 2. The first-order valence-electron chi connectivity index (χ1n) is 13.2. The van der Waals surface area contributed by atoms with Gasteiger partial charge in [0, 0.05) is 39.1 Å². The quantitative estimate of drug-likeness (QED) is 0.415. The number of hydrogen-bond acceptors (Lipinski definition) is 6. The molecule has 1 heterocycles. The molecule has 0 unspecified atom stereocenters. The third-order valence-electron chi connectivity index (χ3n) is 6.84. The first-order chi connectivity index (χ1) is 18.8. The number of hydrogen-bond donors (Lipinski definition) is 1. The Kier molecular flexibility index (Phi) is 9.73. The van der Waals surface area contributed by atoms with E-state index >= 15 is 0 Å². The van der Waals surface area contributed by atoms with Crippen LogP contribution in [0.25, 0.3) is 0 Å². The van der Waals surface area contributed by atoms with Gasteiger partial charge in [-0.1, -0.05) is 79.7 Å². The SMILES string of the molecule is CCS(=O)(=O)c1ccc(CN2CCN(C(=O)[C@H](Cc3ccccc3)NC(=O)OCc3ccccc3)CC2)cc1. The number of sulfone groups is 1. The van der Waals surface area contributed by atoms with Crippen molar-refractivity contribution in [3.05, 3.63) is 102 Å². The molecule has 0 aliphatic carbocycles. The van der Waals surface area contributed by atoms with Crippen LogP contribution < -0.4 is 5.32 Å². The van der Waals surface area contributed by atoms with Crippen molar-refractivity contribution < 1.29 is 22.7 Å². The molecule has 3 aromatic rings. The maximum absolute atomic E-state index is 13.5. The average Bonchev–Trinajstić information content (AvgIpc) is 2.97. The highest BCUT2D eigenvalue weighted by atomic mass is 32.2. The Morgan fingerprint density at radius 2 is 1.41 bits per heavy atom. The summed E-state index contributed by atoms with van der Waals surface area (Å²) in [5.41, 5.74) is 2.84. The lowest BCUT2D eigenvalue weighted by molar-refractivity contribution is -0.135. The summed E-state index contributed by atoms with van der Waals surface area (Å²) in [6.07, 6.45) is -0.256. The molecule has 1 N–H and O–H groups in total. The highest BCUT2D eigenvalue weighted by Gasteiger charge is 2.29. The Bertz CT molecular complexity index is 1320. The Morgan fingerprint density at radius 3 is 2.00 bits per heavy atom. The van der Waals surface area contributed by atoms with Gasteiger partial charge in [0.25, 0.3) is 0 Å². The summed E-state index contributed by atoms with van der Waals surface area (Å²) in [5.74, 6) is -0.0583. The van der Waals surface area contributed by atoms with Gasteiger partial charge in [-0.3, -0.25) is 9.69 Å². The summed E-state index contributed by atoms with van der Waals surface area (Å²) in [7, 11) is -3.22. The first-order valence-corrected chi connectivity index (χ1v) is 14.8. The summed E-state index contributed by atoms with van der Waals surface area (Å²) in [6, 6.07) is 25.3. The van der Waals surface area contributed by atoms with Crippen LogP contribution in [0.2, 0.25) is 0 Å². The highest BCUT2D eigenvalue weighted by Crippen LogP contribution is 2.16. The summed E-state index contributed by atoms with van der Waals surface area (Å²) in [4.78, 5) is 30.5. The van der Waals surface area contributed by atoms with Gasteiger partial charge in [-0.15, -0.1) is 0 Å². The summed E-state index contributed by atoms with van der Waals surface area (Å²) in [5, 5.41) is 2.79. The molecule has 0 saturated carbocycles. The zero-order chi connectivity index (χ0) is 27.7. The zero-order valence-corrected chi connectivity index (χ0v) is 23.0. The normalized spacial score (nSPS) is 14.9. The minimum Gasteiger partial charge on any atom is -0.445 e. The lowest BCUT2D eigenvalue weighted by atomic mass is 10.0. The Labute approximate surface area is 230 Å². The number of carbonyl (C=O) groups is 2. The lowest BCUT2D eigenvalue weighted by Crippen LogP contribution is -2.55.